The van der Waals surface area contributed by atoms with Gasteiger partial charge in [-0.2, -0.15) is 0 Å². The summed E-state index contributed by atoms with van der Waals surface area (Å²) in [6, 6.07) is 1.64. The maximum atomic E-state index is 10.3. The van der Waals surface area contributed by atoms with Gasteiger partial charge in [0, 0.05) is 6.20 Å². The molecule has 3 unspecified atom stereocenters. The number of hydrogen-bond donors (Lipinski definition) is 1. The molecule has 17 heavy (non-hydrogen) atoms. The highest BCUT2D eigenvalue weighted by atomic mass is 35.5. The van der Waals surface area contributed by atoms with Crippen LogP contribution < -0.4 is 0 Å². The fraction of sp³-hybridized carbons (Fsp3) is 0.615. The molecule has 0 saturated heterocycles. The molecule has 2 nitrogen and oxygen atoms in total. The van der Waals surface area contributed by atoms with E-state index in [1.807, 2.05) is 0 Å². The van der Waals surface area contributed by atoms with Gasteiger partial charge in [-0.1, -0.05) is 43.0 Å². The molecular formula is C13H17Cl2NO. The average molecular weight is 274 g/mol. The summed E-state index contributed by atoms with van der Waals surface area (Å²) < 4.78 is 0. The van der Waals surface area contributed by atoms with E-state index in [2.05, 4.69) is 11.9 Å². The molecule has 0 aromatic carbocycles. The number of aromatic nitrogens is 1. The third-order valence-electron chi connectivity index (χ3n) is 3.54. The third kappa shape index (κ3) is 3.12. The van der Waals surface area contributed by atoms with Gasteiger partial charge in [0.2, 0.25) is 0 Å². The zero-order valence-corrected chi connectivity index (χ0v) is 11.4. The van der Waals surface area contributed by atoms with Crippen LogP contribution in [0.2, 0.25) is 10.0 Å². The molecule has 1 fully saturated rings. The highest BCUT2D eigenvalue weighted by molar-refractivity contribution is 6.34. The molecule has 0 amide bonds. The summed E-state index contributed by atoms with van der Waals surface area (Å²) in [4.78, 5) is 4.16. The van der Waals surface area contributed by atoms with Crippen molar-refractivity contribution in [2.45, 2.75) is 38.7 Å². The second-order valence-corrected chi connectivity index (χ2v) is 5.84. The second kappa shape index (κ2) is 5.55. The van der Waals surface area contributed by atoms with E-state index in [0.29, 0.717) is 21.7 Å². The molecule has 1 aliphatic rings. The van der Waals surface area contributed by atoms with Crippen molar-refractivity contribution < 1.29 is 5.11 Å². The Hall–Kier alpha value is -0.310. The highest BCUT2D eigenvalue weighted by Gasteiger charge is 2.28. The maximum Gasteiger partial charge on any atom is 0.100 e. The number of halogens is 2. The standard InChI is InChI=1S/C13H17Cl2NO/c1-8-3-2-4-9(5-8)13(17)12-11(15)6-10(14)7-16-12/h6-9,13,17H,2-5H2,1H3. The smallest absolute Gasteiger partial charge is 0.100 e. The quantitative estimate of drug-likeness (QED) is 0.874. The summed E-state index contributed by atoms with van der Waals surface area (Å²) in [6.45, 7) is 2.23. The normalized spacial score (nSPS) is 26.8. The van der Waals surface area contributed by atoms with Crippen LogP contribution in [0.5, 0.6) is 0 Å². The number of pyridine rings is 1. The Labute approximate surface area is 112 Å². The van der Waals surface area contributed by atoms with Gasteiger partial charge in [-0.05, 0) is 30.7 Å². The van der Waals surface area contributed by atoms with Gasteiger partial charge < -0.3 is 5.11 Å². The van der Waals surface area contributed by atoms with Crippen molar-refractivity contribution in [3.63, 3.8) is 0 Å². The molecule has 1 aliphatic carbocycles. The van der Waals surface area contributed by atoms with Gasteiger partial charge in [-0.3, -0.25) is 4.98 Å². The van der Waals surface area contributed by atoms with Gasteiger partial charge in [-0.25, -0.2) is 0 Å². The lowest BCUT2D eigenvalue weighted by Crippen LogP contribution is -2.21. The average Bonchev–Trinajstić information content (AvgIpc) is 2.28. The van der Waals surface area contributed by atoms with Gasteiger partial charge in [0.15, 0.2) is 0 Å². The summed E-state index contributed by atoms with van der Waals surface area (Å²) in [5.41, 5.74) is 0.565. The van der Waals surface area contributed by atoms with Crippen molar-refractivity contribution >= 4 is 23.2 Å². The molecule has 4 heteroatoms. The van der Waals surface area contributed by atoms with Crippen LogP contribution in [0.1, 0.15) is 44.4 Å². The molecule has 3 atom stereocenters. The van der Waals surface area contributed by atoms with Crippen molar-refractivity contribution in [3.05, 3.63) is 28.0 Å². The number of aliphatic hydroxyl groups is 1. The second-order valence-electron chi connectivity index (χ2n) is 5.00. The Morgan fingerprint density at radius 1 is 1.41 bits per heavy atom. The SMILES string of the molecule is CC1CCCC(C(O)c2ncc(Cl)cc2Cl)C1. The zero-order chi connectivity index (χ0) is 12.4. The first-order valence-electron chi connectivity index (χ1n) is 6.07. The van der Waals surface area contributed by atoms with Gasteiger partial charge in [-0.15, -0.1) is 0 Å². The molecule has 2 rings (SSSR count). The predicted octanol–water partition coefficient (Wildman–Crippen LogP) is 4.25. The van der Waals surface area contributed by atoms with E-state index in [9.17, 15) is 5.11 Å². The molecule has 1 N–H and O–H groups in total. The van der Waals surface area contributed by atoms with E-state index in [4.69, 9.17) is 23.2 Å². The Bertz CT molecular complexity index is 397. The zero-order valence-electron chi connectivity index (χ0n) is 9.87. The topological polar surface area (TPSA) is 33.1 Å². The fourth-order valence-electron chi connectivity index (χ4n) is 2.63. The molecule has 0 aliphatic heterocycles. The number of hydrogen-bond acceptors (Lipinski definition) is 2. The van der Waals surface area contributed by atoms with E-state index < -0.39 is 6.10 Å². The Kier molecular flexibility index (Phi) is 4.29. The monoisotopic (exact) mass is 273 g/mol. The molecule has 94 valence electrons. The van der Waals surface area contributed by atoms with Crippen LogP contribution in [0.3, 0.4) is 0 Å². The largest absolute Gasteiger partial charge is 0.386 e. The van der Waals surface area contributed by atoms with Crippen LogP contribution in [0.25, 0.3) is 0 Å². The highest BCUT2D eigenvalue weighted by Crippen LogP contribution is 2.38. The molecule has 0 bridgehead atoms. The lowest BCUT2D eigenvalue weighted by atomic mass is 9.79. The summed E-state index contributed by atoms with van der Waals surface area (Å²) in [5.74, 6) is 0.944. The van der Waals surface area contributed by atoms with E-state index in [-0.39, 0.29) is 5.92 Å². The summed E-state index contributed by atoms with van der Waals surface area (Å²) >= 11 is 11.9. The molecular weight excluding hydrogens is 257 g/mol. The van der Waals surface area contributed by atoms with Crippen LogP contribution in [-0.2, 0) is 0 Å². The van der Waals surface area contributed by atoms with E-state index in [1.165, 1.54) is 19.0 Å². The summed E-state index contributed by atoms with van der Waals surface area (Å²) in [7, 11) is 0. The van der Waals surface area contributed by atoms with Gasteiger partial charge in [0.05, 0.1) is 15.7 Å². The van der Waals surface area contributed by atoms with Crippen LogP contribution in [0, 0.1) is 11.8 Å². The predicted molar refractivity (Wildman–Crippen MR) is 70.3 cm³/mol. The lowest BCUT2D eigenvalue weighted by Gasteiger charge is -2.30. The number of aliphatic hydroxyl groups excluding tert-OH is 1. The number of nitrogens with zero attached hydrogens (tertiary/aromatic N) is 1. The third-order valence-corrected chi connectivity index (χ3v) is 4.05. The van der Waals surface area contributed by atoms with Crippen molar-refractivity contribution in [2.24, 2.45) is 11.8 Å². The van der Waals surface area contributed by atoms with Gasteiger partial charge in [0.25, 0.3) is 0 Å². The fourth-order valence-corrected chi connectivity index (χ4v) is 3.13. The van der Waals surface area contributed by atoms with Crippen LogP contribution in [0.4, 0.5) is 0 Å². The molecule has 1 heterocycles. The van der Waals surface area contributed by atoms with E-state index >= 15 is 0 Å². The van der Waals surface area contributed by atoms with E-state index in [1.54, 1.807) is 6.07 Å². The first-order chi connectivity index (χ1) is 8.08. The van der Waals surface area contributed by atoms with Crippen molar-refractivity contribution in [1.82, 2.24) is 4.98 Å². The summed E-state index contributed by atoms with van der Waals surface area (Å²) in [5, 5.41) is 11.3. The molecule has 0 spiro atoms. The molecule has 1 aromatic heterocycles. The van der Waals surface area contributed by atoms with Crippen molar-refractivity contribution in [1.29, 1.82) is 0 Å². The Morgan fingerprint density at radius 3 is 2.82 bits per heavy atom. The minimum absolute atomic E-state index is 0.268. The van der Waals surface area contributed by atoms with Crippen molar-refractivity contribution in [2.75, 3.05) is 0 Å². The molecule has 0 radical (unpaired) electrons. The number of rotatable bonds is 2. The van der Waals surface area contributed by atoms with Gasteiger partial charge >= 0.3 is 0 Å². The minimum Gasteiger partial charge on any atom is -0.386 e. The van der Waals surface area contributed by atoms with Crippen LogP contribution in [0.15, 0.2) is 12.3 Å². The molecule has 1 aromatic rings. The Morgan fingerprint density at radius 2 is 2.18 bits per heavy atom. The summed E-state index contributed by atoms with van der Waals surface area (Å²) in [6.07, 6.45) is 5.49. The van der Waals surface area contributed by atoms with Gasteiger partial charge in [0.1, 0.15) is 6.10 Å². The lowest BCUT2D eigenvalue weighted by molar-refractivity contribution is 0.0681. The first-order valence-corrected chi connectivity index (χ1v) is 6.82. The van der Waals surface area contributed by atoms with Crippen LogP contribution >= 0.6 is 23.2 Å². The van der Waals surface area contributed by atoms with Crippen molar-refractivity contribution in [3.8, 4) is 0 Å². The maximum absolute atomic E-state index is 10.3. The first kappa shape index (κ1) is 13.1. The minimum atomic E-state index is -0.567. The van der Waals surface area contributed by atoms with Crippen LogP contribution in [-0.4, -0.2) is 10.1 Å². The Balaban J connectivity index is 2.15. The van der Waals surface area contributed by atoms with E-state index in [0.717, 1.165) is 12.8 Å². The molecule has 1 saturated carbocycles.